The lowest BCUT2D eigenvalue weighted by Crippen LogP contribution is -2.07. The van der Waals surface area contributed by atoms with Crippen molar-refractivity contribution in [1.82, 2.24) is 15.2 Å². The molecule has 0 saturated heterocycles. The summed E-state index contributed by atoms with van der Waals surface area (Å²) in [4.78, 5) is 4.08. The van der Waals surface area contributed by atoms with Crippen molar-refractivity contribution in [3.05, 3.63) is 40.8 Å². The van der Waals surface area contributed by atoms with Gasteiger partial charge in [-0.15, -0.1) is 5.10 Å². The van der Waals surface area contributed by atoms with Crippen molar-refractivity contribution in [1.29, 1.82) is 5.26 Å². The summed E-state index contributed by atoms with van der Waals surface area (Å²) in [5.41, 5.74) is 4.31. The number of nitrogens with one attached hydrogen (secondary N) is 1. The summed E-state index contributed by atoms with van der Waals surface area (Å²) in [5, 5.41) is 21.0. The Morgan fingerprint density at radius 2 is 2.05 bits per heavy atom. The van der Waals surface area contributed by atoms with Gasteiger partial charge in [-0.1, -0.05) is 13.8 Å². The molecule has 1 N–H and O–H groups in total. The maximum absolute atomic E-state index is 9.42. The number of pyridine rings is 1. The van der Waals surface area contributed by atoms with Gasteiger partial charge in [0.2, 0.25) is 0 Å². The Balaban J connectivity index is 2.48. The number of rotatable bonds is 4. The summed E-state index contributed by atoms with van der Waals surface area (Å²) < 4.78 is 0. The van der Waals surface area contributed by atoms with Gasteiger partial charge in [0.15, 0.2) is 5.82 Å². The van der Waals surface area contributed by atoms with Gasteiger partial charge in [-0.25, -0.2) is 0 Å². The van der Waals surface area contributed by atoms with E-state index in [0.29, 0.717) is 11.4 Å². The summed E-state index contributed by atoms with van der Waals surface area (Å²) in [7, 11) is 0. The van der Waals surface area contributed by atoms with Crippen molar-refractivity contribution in [3.63, 3.8) is 0 Å². The monoisotopic (exact) mass is 267 g/mol. The molecule has 0 aliphatic heterocycles. The molecule has 2 heterocycles. The largest absolute Gasteiger partial charge is 0.336 e. The van der Waals surface area contributed by atoms with Crippen LogP contribution in [0.2, 0.25) is 0 Å². The van der Waals surface area contributed by atoms with Crippen LogP contribution in [0.5, 0.6) is 0 Å². The van der Waals surface area contributed by atoms with Gasteiger partial charge in [-0.05, 0) is 37.0 Å². The highest BCUT2D eigenvalue weighted by atomic mass is 15.2. The Morgan fingerprint density at radius 1 is 1.25 bits per heavy atom. The average Bonchev–Trinajstić information content (AvgIpc) is 2.48. The van der Waals surface area contributed by atoms with E-state index in [2.05, 4.69) is 26.6 Å². The molecule has 0 radical (unpaired) electrons. The van der Waals surface area contributed by atoms with Crippen molar-refractivity contribution >= 4 is 11.5 Å². The first kappa shape index (κ1) is 13.9. The molecule has 20 heavy (non-hydrogen) atoms. The maximum atomic E-state index is 9.42. The van der Waals surface area contributed by atoms with Crippen LogP contribution in [0.1, 0.15) is 36.2 Å². The molecule has 0 aliphatic rings. The molecule has 0 spiro atoms. The van der Waals surface area contributed by atoms with Crippen LogP contribution in [0.3, 0.4) is 0 Å². The molecule has 0 bridgehead atoms. The Hall–Kier alpha value is -2.48. The molecule has 0 saturated carbocycles. The Kier molecular flexibility index (Phi) is 4.26. The summed E-state index contributed by atoms with van der Waals surface area (Å²) in [6.45, 7) is 6.02. The number of hydrogen-bond acceptors (Lipinski definition) is 5. The van der Waals surface area contributed by atoms with E-state index in [9.17, 15) is 5.26 Å². The summed E-state index contributed by atoms with van der Waals surface area (Å²) in [6, 6.07) is 4.15. The lowest BCUT2D eigenvalue weighted by molar-refractivity contribution is 0.877. The van der Waals surface area contributed by atoms with Crippen LogP contribution in [-0.2, 0) is 12.8 Å². The molecular weight excluding hydrogens is 250 g/mol. The van der Waals surface area contributed by atoms with E-state index in [0.717, 1.165) is 35.3 Å². The summed E-state index contributed by atoms with van der Waals surface area (Å²) in [6.07, 6.45) is 4.99. The lowest BCUT2D eigenvalue weighted by Gasteiger charge is -2.12. The number of hydrogen-bond donors (Lipinski definition) is 1. The van der Waals surface area contributed by atoms with Gasteiger partial charge in [0, 0.05) is 6.20 Å². The minimum atomic E-state index is 0.498. The van der Waals surface area contributed by atoms with Crippen molar-refractivity contribution in [2.75, 3.05) is 5.32 Å². The number of nitriles is 1. The molecular formula is C15H17N5. The van der Waals surface area contributed by atoms with E-state index in [-0.39, 0.29) is 0 Å². The van der Waals surface area contributed by atoms with Crippen LogP contribution < -0.4 is 5.32 Å². The van der Waals surface area contributed by atoms with Gasteiger partial charge in [-0.2, -0.15) is 10.4 Å². The van der Waals surface area contributed by atoms with Gasteiger partial charge in [0.05, 0.1) is 17.6 Å². The number of anilines is 2. The van der Waals surface area contributed by atoms with Crippen molar-refractivity contribution < 1.29 is 0 Å². The minimum Gasteiger partial charge on any atom is -0.336 e. The second-order valence-corrected chi connectivity index (χ2v) is 4.48. The quantitative estimate of drug-likeness (QED) is 0.921. The molecule has 102 valence electrons. The molecule has 2 aromatic heterocycles. The first-order valence-electron chi connectivity index (χ1n) is 6.67. The van der Waals surface area contributed by atoms with Crippen molar-refractivity contribution in [2.45, 2.75) is 33.6 Å². The topological polar surface area (TPSA) is 74.5 Å². The molecule has 0 amide bonds. The van der Waals surface area contributed by atoms with Crippen LogP contribution >= 0.6 is 0 Å². The summed E-state index contributed by atoms with van der Waals surface area (Å²) in [5.74, 6) is 0.498. The first-order chi connectivity index (χ1) is 9.71. The predicted molar refractivity (Wildman–Crippen MR) is 77.8 cm³/mol. The predicted octanol–water partition coefficient (Wildman–Crippen LogP) is 2.92. The normalized spacial score (nSPS) is 10.1. The van der Waals surface area contributed by atoms with Gasteiger partial charge < -0.3 is 5.32 Å². The maximum Gasteiger partial charge on any atom is 0.171 e. The van der Waals surface area contributed by atoms with E-state index in [1.165, 1.54) is 0 Å². The highest BCUT2D eigenvalue weighted by Gasteiger charge is 2.14. The fourth-order valence-corrected chi connectivity index (χ4v) is 2.10. The molecule has 0 aromatic carbocycles. The summed E-state index contributed by atoms with van der Waals surface area (Å²) >= 11 is 0. The van der Waals surface area contributed by atoms with Gasteiger partial charge in [0.25, 0.3) is 0 Å². The Bertz CT molecular complexity index is 658. The van der Waals surface area contributed by atoms with E-state index in [1.54, 1.807) is 12.4 Å². The minimum absolute atomic E-state index is 0.498. The molecule has 0 unspecified atom stereocenters. The van der Waals surface area contributed by atoms with E-state index in [1.807, 2.05) is 26.8 Å². The van der Waals surface area contributed by atoms with E-state index < -0.39 is 0 Å². The highest BCUT2D eigenvalue weighted by molar-refractivity contribution is 5.66. The Labute approximate surface area is 118 Å². The zero-order chi connectivity index (χ0) is 14.5. The second-order valence-electron chi connectivity index (χ2n) is 4.48. The molecule has 5 heteroatoms. The lowest BCUT2D eigenvalue weighted by atomic mass is 10.0. The first-order valence-corrected chi connectivity index (χ1v) is 6.67. The van der Waals surface area contributed by atoms with Crippen molar-refractivity contribution in [3.8, 4) is 6.07 Å². The molecule has 0 fully saturated rings. The molecule has 2 aromatic rings. The van der Waals surface area contributed by atoms with E-state index >= 15 is 0 Å². The molecule has 2 rings (SSSR count). The van der Waals surface area contributed by atoms with Crippen LogP contribution in [-0.4, -0.2) is 15.2 Å². The third-order valence-corrected chi connectivity index (χ3v) is 3.25. The number of nitrogens with zero attached hydrogens (tertiary/aromatic N) is 4. The SMILES string of the molecule is CCc1nnc(Nc2cnccc2C)c(C#N)c1CC. The van der Waals surface area contributed by atoms with Gasteiger partial charge >= 0.3 is 0 Å². The third kappa shape index (κ3) is 2.59. The zero-order valence-corrected chi connectivity index (χ0v) is 11.9. The van der Waals surface area contributed by atoms with Crippen molar-refractivity contribution in [2.24, 2.45) is 0 Å². The highest BCUT2D eigenvalue weighted by Crippen LogP contribution is 2.24. The second kappa shape index (κ2) is 6.11. The fraction of sp³-hybridized carbons (Fsp3) is 0.333. The fourth-order valence-electron chi connectivity index (χ4n) is 2.10. The number of aromatic nitrogens is 3. The third-order valence-electron chi connectivity index (χ3n) is 3.25. The zero-order valence-electron chi connectivity index (χ0n) is 11.9. The smallest absolute Gasteiger partial charge is 0.171 e. The molecule has 0 atom stereocenters. The molecule has 0 aliphatic carbocycles. The average molecular weight is 267 g/mol. The molecule has 5 nitrogen and oxygen atoms in total. The van der Waals surface area contributed by atoms with Gasteiger partial charge in [0.1, 0.15) is 11.6 Å². The Morgan fingerprint density at radius 3 is 2.65 bits per heavy atom. The van der Waals surface area contributed by atoms with Crippen LogP contribution in [0.4, 0.5) is 11.5 Å². The van der Waals surface area contributed by atoms with Crippen LogP contribution in [0.25, 0.3) is 0 Å². The van der Waals surface area contributed by atoms with Crippen LogP contribution in [0.15, 0.2) is 18.5 Å². The standard InChI is InChI=1S/C15H17N5/c1-4-11-12(8-16)15(20-19-13(11)5-2)18-14-9-17-7-6-10(14)3/h6-7,9H,4-5H2,1-3H3,(H,18,20). The number of aryl methyl sites for hydroxylation is 2. The van der Waals surface area contributed by atoms with E-state index in [4.69, 9.17) is 0 Å². The van der Waals surface area contributed by atoms with Gasteiger partial charge in [-0.3, -0.25) is 4.98 Å². The van der Waals surface area contributed by atoms with Crippen LogP contribution in [0, 0.1) is 18.3 Å².